The number of nitrogens with zero attached hydrogens (tertiary/aromatic N) is 5. The lowest BCUT2D eigenvalue weighted by Crippen LogP contribution is -2.47. The molecule has 2 aliphatic heterocycles. The van der Waals surface area contributed by atoms with E-state index in [1.807, 2.05) is 48.6 Å². The van der Waals surface area contributed by atoms with Crippen LogP contribution >= 0.6 is 0 Å². The van der Waals surface area contributed by atoms with Crippen molar-refractivity contribution in [3.05, 3.63) is 136 Å². The Bertz CT molecular complexity index is 4540. The normalized spacial score (nSPS) is 16.2. The molecule has 0 spiro atoms. The van der Waals surface area contributed by atoms with Gasteiger partial charge >= 0.3 is 23.9 Å². The molecule has 0 fully saturated rings. The Morgan fingerprint density at radius 3 is 1.75 bits per heavy atom. The molecule has 5 atom stereocenters. The molecule has 0 saturated heterocycles. The van der Waals surface area contributed by atoms with E-state index in [2.05, 4.69) is 97.7 Å². The average Bonchev–Trinajstić information content (AvgIpc) is 1.60. The average molecular weight is 1680 g/mol. The maximum Gasteiger partial charge on any atom is 0.326 e. The number of guanidine groups is 3. The highest BCUT2D eigenvalue weighted by Crippen LogP contribution is 2.48. The molecule has 0 unspecified atom stereocenters. The van der Waals surface area contributed by atoms with E-state index in [-0.39, 0.29) is 171 Å². The highest BCUT2D eigenvalue weighted by Gasteiger charge is 2.45. The van der Waals surface area contributed by atoms with Crippen LogP contribution in [-0.4, -0.2) is 191 Å². The molecule has 34 nitrogen and oxygen atoms in total. The van der Waals surface area contributed by atoms with Crippen LogP contribution in [0.3, 0.4) is 0 Å². The Balaban J connectivity index is 1.25. The number of amides is 4. The molecule has 3 aromatic rings. The number of aliphatic carboxylic acids is 3. The number of carbonyl (C=O) groups is 9. The highest BCUT2D eigenvalue weighted by atomic mass is 32.2. The molecular formula is C82H118N15O19S2+. The summed E-state index contributed by atoms with van der Waals surface area (Å²) in [6.07, 6.45) is 10.5. The van der Waals surface area contributed by atoms with Crippen LogP contribution in [0.2, 0.25) is 0 Å². The van der Waals surface area contributed by atoms with Crippen LogP contribution in [0.15, 0.2) is 135 Å². The van der Waals surface area contributed by atoms with E-state index in [1.165, 1.54) is 0 Å². The number of carboxylic acid groups (broad SMARTS) is 3. The molecule has 0 radical (unpaired) electrons. The summed E-state index contributed by atoms with van der Waals surface area (Å²) in [5, 5.41) is 39.5. The van der Waals surface area contributed by atoms with Gasteiger partial charge in [0, 0.05) is 118 Å². The minimum absolute atomic E-state index is 0.00474. The van der Waals surface area contributed by atoms with E-state index in [9.17, 15) is 79.3 Å². The summed E-state index contributed by atoms with van der Waals surface area (Å²) >= 11 is 0. The molecule has 4 amide bonds. The van der Waals surface area contributed by atoms with E-state index in [0.29, 0.717) is 55.8 Å². The molecular weight excluding hydrogens is 1560 g/mol. The van der Waals surface area contributed by atoms with Crippen LogP contribution in [0.25, 0.3) is 0 Å². The number of ether oxygens (including phenoxy) is 1. The number of anilines is 1. The number of benzene rings is 3. The monoisotopic (exact) mass is 1680 g/mol. The second-order valence-corrected chi connectivity index (χ2v) is 34.0. The standard InChI is InChI=1S/C82H117N15O19S2/c1-81(2)60-24-6-8-28-65(60)96(46-11-13-48-117(110,111)112)69(81)40-34-54-20-15-21-55(35-41-70-82(3,4)61-25-7-9-29-66(61)97(70)47-12-14-49-118(113,114)115)73(54)116-59-37-32-53(33-38-59)50-57(75(105)106)52-68(100)63(27-18-44-91-79(87)88)94-74(104)56(22-16-42-89-77(83)84)51-67(99)62(26-17-43-90-78(85)86)93-71(101)30-10-5-23-58(98)36-39-64(76(107)108)95-80(109)92-45-19-31-72(102)103/h6-9,24-25,28-29,32-35,37-38,40-41,56-57,62-64H,5,10-23,26-27,30-31,36,39,42-52H2,1-4H3,(H20-,83,84,85,86,87,88,89,90,91,92,93,94,95,101,102,103,104,105,106,107,108,109,110,111,112,113,114,115)/p+1/t56-,57-,62+,63+,64+/m1/s1. The summed E-state index contributed by atoms with van der Waals surface area (Å²) in [6.45, 7) is 9.55. The van der Waals surface area contributed by atoms with Gasteiger partial charge in [0.05, 0.1) is 34.9 Å². The summed E-state index contributed by atoms with van der Waals surface area (Å²) in [5.74, 6) is -9.61. The number of allylic oxidation sites excluding steroid dienone is 7. The summed E-state index contributed by atoms with van der Waals surface area (Å²) < 4.78 is 75.4. The smallest absolute Gasteiger partial charge is 0.326 e. The number of fused-ring (bicyclic) bond motifs is 2. The number of rotatable bonds is 53. The third-order valence-electron chi connectivity index (χ3n) is 20.9. The molecule has 6 rings (SSSR count). The third-order valence-corrected chi connectivity index (χ3v) is 22.5. The highest BCUT2D eigenvalue weighted by molar-refractivity contribution is 7.86. The fourth-order valence-electron chi connectivity index (χ4n) is 14.7. The van der Waals surface area contributed by atoms with Gasteiger partial charge in [-0.2, -0.15) is 21.4 Å². The van der Waals surface area contributed by atoms with Gasteiger partial charge in [-0.3, -0.25) is 57.6 Å². The number of carboxylic acids is 3. The Morgan fingerprint density at radius 1 is 0.576 bits per heavy atom. The van der Waals surface area contributed by atoms with Crippen molar-refractivity contribution in [3.63, 3.8) is 0 Å². The zero-order valence-corrected chi connectivity index (χ0v) is 69.4. The fourth-order valence-corrected chi connectivity index (χ4v) is 15.8. The first kappa shape index (κ1) is 96.0. The van der Waals surface area contributed by atoms with Gasteiger partial charge in [-0.1, -0.05) is 68.5 Å². The number of Topliss-reactive ketones (excluding diaryl/α,β-unsaturated/α-hetero) is 3. The minimum atomic E-state index is -4.18. The third kappa shape index (κ3) is 31.9. The molecule has 0 aromatic heterocycles. The lowest BCUT2D eigenvalue weighted by atomic mass is 9.81. The Labute approximate surface area is 689 Å². The van der Waals surface area contributed by atoms with Gasteiger partial charge in [0.2, 0.25) is 17.5 Å². The maximum absolute atomic E-state index is 14.7. The van der Waals surface area contributed by atoms with Crippen molar-refractivity contribution >= 4 is 108 Å². The van der Waals surface area contributed by atoms with Crippen molar-refractivity contribution in [3.8, 4) is 5.75 Å². The first-order valence-corrected chi connectivity index (χ1v) is 43.1. The number of ketones is 3. The van der Waals surface area contributed by atoms with Gasteiger partial charge in [-0.25, -0.2) is 9.59 Å². The van der Waals surface area contributed by atoms with Crippen LogP contribution < -0.4 is 65.3 Å². The summed E-state index contributed by atoms with van der Waals surface area (Å²) in [7, 11) is -8.36. The molecule has 646 valence electrons. The van der Waals surface area contributed by atoms with Gasteiger partial charge in [-0.15, -0.1) is 0 Å². The summed E-state index contributed by atoms with van der Waals surface area (Å²) in [6, 6.07) is 18.1. The molecule has 118 heavy (non-hydrogen) atoms. The molecule has 2 heterocycles. The fraction of sp³-hybridized carbons (Fsp3) is 0.524. The van der Waals surface area contributed by atoms with Gasteiger partial charge in [0.1, 0.15) is 29.9 Å². The molecule has 1 aliphatic carbocycles. The molecule has 0 saturated carbocycles. The first-order valence-electron chi connectivity index (χ1n) is 39.9. The number of nitrogens with one attached hydrogen (secondary N) is 4. The molecule has 0 bridgehead atoms. The van der Waals surface area contributed by atoms with Crippen molar-refractivity contribution in [1.29, 1.82) is 0 Å². The van der Waals surface area contributed by atoms with Gasteiger partial charge in [0.15, 0.2) is 35.2 Å². The van der Waals surface area contributed by atoms with Crippen molar-refractivity contribution in [1.82, 2.24) is 21.3 Å². The zero-order valence-electron chi connectivity index (χ0n) is 67.7. The van der Waals surface area contributed by atoms with Crippen LogP contribution in [0.4, 0.5) is 16.2 Å². The van der Waals surface area contributed by atoms with Crippen LogP contribution in [0.1, 0.15) is 192 Å². The van der Waals surface area contributed by atoms with Gasteiger partial charge < -0.3 is 80.6 Å². The summed E-state index contributed by atoms with van der Waals surface area (Å²) in [5.41, 5.74) is 40.9. The number of para-hydroxylation sites is 2. The molecule has 36 heteroatoms. The van der Waals surface area contributed by atoms with E-state index in [4.69, 9.17) is 44.2 Å². The number of nitrogens with two attached hydrogens (primary N) is 6. The first-order chi connectivity index (χ1) is 55.7. The second kappa shape index (κ2) is 46.3. The van der Waals surface area contributed by atoms with Crippen molar-refractivity contribution in [2.75, 3.05) is 55.7 Å². The van der Waals surface area contributed by atoms with Crippen molar-refractivity contribution in [2.45, 2.75) is 211 Å². The summed E-state index contributed by atoms with van der Waals surface area (Å²) in [4.78, 5) is 133. The molecule has 21 N–H and O–H groups in total. The van der Waals surface area contributed by atoms with Crippen molar-refractivity contribution in [2.24, 2.45) is 61.2 Å². The SMILES string of the molecule is CC1(C)C(=CC=C2CCCC(C=CC3=[N+](CCCCS(=O)(=O)O)c4ccccc4C3(C)C)=C2Oc2ccc(C[C@H](CC(=O)[C@H](CCCN=C(N)N)NC(=O)[C@H](CCCN=C(N)N)CC(=O)[C@H](CCCN=C(N)N)NC(=O)CCCCC(=O)CC[C@H](NC(=O)NCCCC(=O)O)C(=O)O)C(=O)O)cc2)N(CCCCS(=O)(=O)O)c2ccccc21. The predicted octanol–water partition coefficient (Wildman–Crippen LogP) is 6.52. The van der Waals surface area contributed by atoms with Gasteiger partial charge in [0.25, 0.3) is 20.2 Å². The number of urea groups is 1. The van der Waals surface area contributed by atoms with Crippen molar-refractivity contribution < 1.29 is 93.7 Å². The second-order valence-electron chi connectivity index (χ2n) is 30.9. The lowest BCUT2D eigenvalue weighted by molar-refractivity contribution is -0.438. The quantitative estimate of drug-likeness (QED) is 0.00940. The lowest BCUT2D eigenvalue weighted by Gasteiger charge is -2.27. The van der Waals surface area contributed by atoms with Crippen LogP contribution in [0.5, 0.6) is 5.75 Å². The number of hydrogen-bond acceptors (Lipinski definition) is 18. The van der Waals surface area contributed by atoms with E-state index >= 15 is 0 Å². The Hall–Kier alpha value is -10.9. The Kier molecular flexibility index (Phi) is 37.7. The molecule has 3 aromatic carbocycles. The maximum atomic E-state index is 14.7. The number of aliphatic imine (C=N–C) groups is 3. The topological polar surface area (TPSA) is 580 Å². The van der Waals surface area contributed by atoms with Gasteiger partial charge in [-0.05, 0) is 176 Å². The molecule has 3 aliphatic rings. The van der Waals surface area contributed by atoms with E-state index in [1.54, 1.807) is 24.3 Å². The van der Waals surface area contributed by atoms with E-state index in [0.717, 1.165) is 51.5 Å². The largest absolute Gasteiger partial charge is 0.481 e. The predicted molar refractivity (Wildman–Crippen MR) is 449 cm³/mol. The van der Waals surface area contributed by atoms with Crippen LogP contribution in [-0.2, 0) is 75.8 Å². The Morgan fingerprint density at radius 2 is 1.15 bits per heavy atom. The minimum Gasteiger partial charge on any atom is -0.481 e. The zero-order chi connectivity index (χ0) is 86.9. The van der Waals surface area contributed by atoms with Crippen LogP contribution in [0, 0.1) is 11.8 Å². The number of carbonyl (C=O) groups excluding carboxylic acids is 6. The van der Waals surface area contributed by atoms with E-state index < -0.39 is 121 Å². The number of hydrogen-bond donors (Lipinski definition) is 15. The number of unbranched alkanes of at least 4 members (excludes halogenated alkanes) is 3.